The molecule has 5 atom stereocenters. The summed E-state index contributed by atoms with van der Waals surface area (Å²) in [6.45, 7) is 6.03. The Balaban J connectivity index is 1.57. The van der Waals surface area contributed by atoms with Gasteiger partial charge in [-0.15, -0.1) is 6.58 Å². The van der Waals surface area contributed by atoms with Crippen LogP contribution in [-0.4, -0.2) is 42.1 Å². The molecule has 1 unspecified atom stereocenters. The van der Waals surface area contributed by atoms with Crippen LogP contribution in [0.15, 0.2) is 73.4 Å². The Morgan fingerprint density at radius 3 is 2.78 bits per heavy atom. The topological polar surface area (TPSA) is 51.7 Å². The number of benzene rings is 2. The zero-order valence-electron chi connectivity index (χ0n) is 18.3. The van der Waals surface area contributed by atoms with Crippen LogP contribution in [0.2, 0.25) is 0 Å². The number of ether oxygens (including phenoxy) is 2. The van der Waals surface area contributed by atoms with E-state index in [9.17, 15) is 4.79 Å². The Hall–Kier alpha value is -3.18. The maximum absolute atomic E-state index is 13.2. The zero-order valence-corrected chi connectivity index (χ0v) is 18.3. The molecule has 3 aromatic rings. The van der Waals surface area contributed by atoms with Crippen molar-refractivity contribution in [3.8, 4) is 5.75 Å². The first kappa shape index (κ1) is 20.7. The van der Waals surface area contributed by atoms with Gasteiger partial charge in [-0.1, -0.05) is 24.3 Å². The summed E-state index contributed by atoms with van der Waals surface area (Å²) in [6.07, 6.45) is 5.64. The number of pyridine rings is 1. The summed E-state index contributed by atoms with van der Waals surface area (Å²) in [7, 11) is 1.66. The summed E-state index contributed by atoms with van der Waals surface area (Å²) < 4.78 is 11.8. The first-order valence-corrected chi connectivity index (χ1v) is 11.2. The van der Waals surface area contributed by atoms with Gasteiger partial charge in [0.15, 0.2) is 0 Å². The van der Waals surface area contributed by atoms with Crippen LogP contribution in [0.4, 0.5) is 0 Å². The first-order valence-electron chi connectivity index (χ1n) is 11.2. The minimum Gasteiger partial charge on any atom is -0.497 e. The largest absolute Gasteiger partial charge is 0.497 e. The van der Waals surface area contributed by atoms with Crippen molar-refractivity contribution in [2.24, 2.45) is 11.8 Å². The molecule has 3 aliphatic heterocycles. The summed E-state index contributed by atoms with van der Waals surface area (Å²) in [5.74, 6) is 1.53. The molecule has 4 heterocycles. The van der Waals surface area contributed by atoms with E-state index >= 15 is 0 Å². The molecule has 0 spiro atoms. The van der Waals surface area contributed by atoms with Crippen molar-refractivity contribution >= 4 is 16.9 Å². The van der Waals surface area contributed by atoms with Gasteiger partial charge in [-0.05, 0) is 67.6 Å². The van der Waals surface area contributed by atoms with E-state index in [0.29, 0.717) is 17.4 Å². The molecule has 5 nitrogen and oxygen atoms in total. The Kier molecular flexibility index (Phi) is 5.66. The Morgan fingerprint density at radius 2 is 2.06 bits per heavy atom. The van der Waals surface area contributed by atoms with Crippen LogP contribution in [0.1, 0.15) is 34.9 Å². The zero-order chi connectivity index (χ0) is 22.1. The molecule has 2 bridgehead atoms. The lowest BCUT2D eigenvalue weighted by Crippen LogP contribution is -2.55. The lowest BCUT2D eigenvalue weighted by molar-refractivity contribution is -0.0568. The quantitative estimate of drug-likeness (QED) is 0.407. The van der Waals surface area contributed by atoms with Crippen molar-refractivity contribution in [1.29, 1.82) is 0 Å². The number of aromatic nitrogens is 1. The molecule has 5 heteroatoms. The molecule has 0 radical (unpaired) electrons. The lowest BCUT2D eigenvalue weighted by Gasteiger charge is -2.51. The van der Waals surface area contributed by atoms with Gasteiger partial charge in [0.25, 0.3) is 0 Å². The van der Waals surface area contributed by atoms with Crippen LogP contribution in [0, 0.1) is 11.8 Å². The predicted molar refractivity (Wildman–Crippen MR) is 125 cm³/mol. The van der Waals surface area contributed by atoms with E-state index in [2.05, 4.69) is 22.5 Å². The molecule has 2 aromatic carbocycles. The molecule has 3 saturated heterocycles. The summed E-state index contributed by atoms with van der Waals surface area (Å²) >= 11 is 0. The number of hydrogen-bond acceptors (Lipinski definition) is 5. The van der Waals surface area contributed by atoms with Crippen molar-refractivity contribution in [3.05, 3.63) is 84.6 Å². The maximum Gasteiger partial charge on any atom is 0.338 e. The standard InChI is InChI=1S/C27H28N2O3/c1-3-18-17-29-14-12-20(18)15-25(29)26(32-27(30)19-7-5-4-6-8-19)22-11-13-28-24-10-9-21(31-2)16-23(22)24/h3-11,13,16,18,20,25-26H,1,12,14-15,17H2,2H3/t18-,20+,25+,26-/m1/s1. The molecule has 0 N–H and O–H groups in total. The molecule has 1 aromatic heterocycles. The molecule has 3 fully saturated rings. The highest BCUT2D eigenvalue weighted by atomic mass is 16.5. The average molecular weight is 429 g/mol. The fourth-order valence-electron chi connectivity index (χ4n) is 5.32. The Morgan fingerprint density at radius 1 is 1.22 bits per heavy atom. The summed E-state index contributed by atoms with van der Waals surface area (Å²) in [5.41, 5.74) is 2.41. The van der Waals surface area contributed by atoms with E-state index in [4.69, 9.17) is 9.47 Å². The predicted octanol–water partition coefficient (Wildman–Crippen LogP) is 5.04. The van der Waals surface area contributed by atoms with Crippen LogP contribution in [0.25, 0.3) is 10.9 Å². The second-order valence-electron chi connectivity index (χ2n) is 8.72. The maximum atomic E-state index is 13.2. The molecule has 164 valence electrons. The minimum atomic E-state index is -0.395. The van der Waals surface area contributed by atoms with Gasteiger partial charge in [0, 0.05) is 23.7 Å². The SMILES string of the molecule is C=C[C@@H]1CN2CC[C@H]1C[C@H]2[C@H](OC(=O)c1ccccc1)c1ccnc2ccc(OC)cc12. The van der Waals surface area contributed by atoms with E-state index in [1.54, 1.807) is 25.4 Å². The Bertz CT molecular complexity index is 1130. The van der Waals surface area contributed by atoms with Gasteiger partial charge >= 0.3 is 5.97 Å². The van der Waals surface area contributed by atoms with Crippen molar-refractivity contribution in [2.75, 3.05) is 20.2 Å². The van der Waals surface area contributed by atoms with Gasteiger partial charge in [0.2, 0.25) is 0 Å². The second-order valence-corrected chi connectivity index (χ2v) is 8.72. The minimum absolute atomic E-state index is 0.120. The van der Waals surface area contributed by atoms with Crippen molar-refractivity contribution < 1.29 is 14.3 Å². The first-order chi connectivity index (χ1) is 15.7. The van der Waals surface area contributed by atoms with Gasteiger partial charge in [-0.3, -0.25) is 9.88 Å². The Labute approximate surface area is 188 Å². The second kappa shape index (κ2) is 8.75. The fourth-order valence-corrected chi connectivity index (χ4v) is 5.32. The number of methoxy groups -OCH3 is 1. The number of hydrogen-bond donors (Lipinski definition) is 0. The number of carbonyl (C=O) groups excluding carboxylic acids is 1. The van der Waals surface area contributed by atoms with Crippen molar-refractivity contribution in [2.45, 2.75) is 25.0 Å². The van der Waals surface area contributed by atoms with Crippen LogP contribution in [-0.2, 0) is 4.74 Å². The highest BCUT2D eigenvalue weighted by molar-refractivity contribution is 5.90. The van der Waals surface area contributed by atoms with Gasteiger partial charge in [-0.25, -0.2) is 4.79 Å². The van der Waals surface area contributed by atoms with Crippen LogP contribution in [0.5, 0.6) is 5.75 Å². The summed E-state index contributed by atoms with van der Waals surface area (Å²) in [5, 5.41) is 0.959. The smallest absolute Gasteiger partial charge is 0.338 e. The third-order valence-corrected chi connectivity index (χ3v) is 7.04. The third-order valence-electron chi connectivity index (χ3n) is 7.04. The van der Waals surface area contributed by atoms with Crippen LogP contribution >= 0.6 is 0 Å². The van der Waals surface area contributed by atoms with Gasteiger partial charge in [0.1, 0.15) is 11.9 Å². The molecule has 0 amide bonds. The molecule has 6 rings (SSSR count). The molecular formula is C27H28N2O3. The highest BCUT2D eigenvalue weighted by Crippen LogP contribution is 2.43. The number of nitrogens with zero attached hydrogens (tertiary/aromatic N) is 2. The number of rotatable bonds is 6. The van der Waals surface area contributed by atoms with Crippen LogP contribution in [0.3, 0.4) is 0 Å². The van der Waals surface area contributed by atoms with Crippen molar-refractivity contribution in [3.63, 3.8) is 0 Å². The summed E-state index contributed by atoms with van der Waals surface area (Å²) in [4.78, 5) is 20.2. The number of esters is 1. The molecular weight excluding hydrogens is 400 g/mol. The number of piperidine rings is 3. The molecule has 0 saturated carbocycles. The van der Waals surface area contributed by atoms with Crippen LogP contribution < -0.4 is 4.74 Å². The van der Waals surface area contributed by atoms with Gasteiger partial charge < -0.3 is 9.47 Å². The lowest BCUT2D eigenvalue weighted by atomic mass is 9.73. The molecule has 32 heavy (non-hydrogen) atoms. The van der Waals surface area contributed by atoms with Gasteiger partial charge in [-0.2, -0.15) is 0 Å². The fraction of sp³-hybridized carbons (Fsp3) is 0.333. The third kappa shape index (κ3) is 3.78. The van der Waals surface area contributed by atoms with E-state index in [1.807, 2.05) is 42.5 Å². The van der Waals surface area contributed by atoms with E-state index in [-0.39, 0.29) is 12.0 Å². The van der Waals surface area contributed by atoms with E-state index < -0.39 is 6.10 Å². The normalized spacial score (nSPS) is 25.3. The van der Waals surface area contributed by atoms with E-state index in [0.717, 1.165) is 48.1 Å². The molecule has 0 aliphatic carbocycles. The number of fused-ring (bicyclic) bond motifs is 4. The van der Waals surface area contributed by atoms with Crippen molar-refractivity contribution in [1.82, 2.24) is 9.88 Å². The summed E-state index contributed by atoms with van der Waals surface area (Å²) in [6, 6.07) is 17.2. The highest BCUT2D eigenvalue weighted by Gasteiger charge is 2.44. The van der Waals surface area contributed by atoms with E-state index in [1.165, 1.54) is 0 Å². The average Bonchev–Trinajstić information content (AvgIpc) is 2.87. The van der Waals surface area contributed by atoms with Gasteiger partial charge in [0.05, 0.1) is 24.2 Å². The number of carbonyl (C=O) groups is 1. The monoisotopic (exact) mass is 428 g/mol. The molecule has 3 aliphatic rings.